The molecule has 222 valence electrons. The molecule has 5 aromatic rings. The van der Waals surface area contributed by atoms with Crippen LogP contribution in [-0.2, 0) is 26.2 Å². The third-order valence-electron chi connectivity index (χ3n) is 7.60. The Balaban J connectivity index is 1.51. The number of nitrogens with zero attached hydrogens (tertiary/aromatic N) is 7. The van der Waals surface area contributed by atoms with E-state index in [0.717, 1.165) is 6.07 Å². The normalized spacial score (nSPS) is 15.3. The SMILES string of the molecule is Cc1cc(C)n(-c2nc3c(c(=O)n2-c2cc(F)c4ncn(C)c4c2)C[C@@H](C)N(C(=O)c2ccc(Br)c(C(F)(F)F)c2)C3)n1. The van der Waals surface area contributed by atoms with Crippen molar-refractivity contribution in [3.05, 3.63) is 97.1 Å². The summed E-state index contributed by atoms with van der Waals surface area (Å²) in [7, 11) is 1.71. The average molecular weight is 658 g/mol. The van der Waals surface area contributed by atoms with Crippen molar-refractivity contribution in [3.8, 4) is 11.6 Å². The minimum absolute atomic E-state index is 0.0835. The zero-order valence-electron chi connectivity index (χ0n) is 23.4. The molecule has 0 unspecified atom stereocenters. The smallest absolute Gasteiger partial charge is 0.334 e. The van der Waals surface area contributed by atoms with Crippen molar-refractivity contribution in [3.63, 3.8) is 0 Å². The summed E-state index contributed by atoms with van der Waals surface area (Å²) in [4.78, 5) is 38.0. The molecule has 1 aliphatic heterocycles. The maximum atomic E-state index is 15.2. The van der Waals surface area contributed by atoms with Crippen molar-refractivity contribution in [2.45, 2.75) is 46.0 Å². The standard InChI is InChI=1S/C29H24BrF4N7O2/c1-14-7-16(3)41(37-14)28-36-23-12-39(26(42)17-5-6-21(30)20(9-17)29(32,33)34)15(2)8-19(23)27(43)40(28)18-10-22(31)25-24(11-18)38(4)13-35-25/h5-7,9-11,13,15H,8,12H2,1-4H3/t15-/m1/s1. The quantitative estimate of drug-likeness (QED) is 0.242. The molecule has 0 N–H and O–H groups in total. The number of aromatic nitrogens is 6. The van der Waals surface area contributed by atoms with Gasteiger partial charge in [-0.1, -0.05) is 15.9 Å². The molecule has 0 aliphatic carbocycles. The number of fused-ring (bicyclic) bond motifs is 2. The van der Waals surface area contributed by atoms with Crippen LogP contribution in [0.5, 0.6) is 0 Å². The number of aryl methyl sites for hydroxylation is 3. The lowest BCUT2D eigenvalue weighted by Crippen LogP contribution is -2.46. The highest BCUT2D eigenvalue weighted by Gasteiger charge is 2.36. The van der Waals surface area contributed by atoms with Gasteiger partial charge in [-0.3, -0.25) is 9.59 Å². The maximum absolute atomic E-state index is 15.2. The van der Waals surface area contributed by atoms with E-state index in [0.29, 0.717) is 22.5 Å². The Morgan fingerprint density at radius 3 is 2.53 bits per heavy atom. The fraction of sp³-hybridized carbons (Fsp3) is 0.276. The summed E-state index contributed by atoms with van der Waals surface area (Å²) in [6, 6.07) is 7.43. The van der Waals surface area contributed by atoms with E-state index in [1.54, 1.807) is 44.5 Å². The first-order valence-corrected chi connectivity index (χ1v) is 14.0. The number of amides is 1. The van der Waals surface area contributed by atoms with Gasteiger partial charge in [0.1, 0.15) is 5.52 Å². The predicted octanol–water partition coefficient (Wildman–Crippen LogP) is 5.43. The summed E-state index contributed by atoms with van der Waals surface area (Å²) in [5.74, 6) is -1.16. The molecule has 1 atom stereocenters. The molecule has 43 heavy (non-hydrogen) atoms. The molecule has 0 saturated carbocycles. The van der Waals surface area contributed by atoms with E-state index in [4.69, 9.17) is 4.98 Å². The van der Waals surface area contributed by atoms with Crippen molar-refractivity contribution in [2.24, 2.45) is 7.05 Å². The van der Waals surface area contributed by atoms with E-state index < -0.39 is 35.1 Å². The third kappa shape index (κ3) is 4.82. The molecule has 3 aromatic heterocycles. The Bertz CT molecular complexity index is 2010. The second-order valence-electron chi connectivity index (χ2n) is 10.6. The number of halogens is 5. The van der Waals surface area contributed by atoms with Crippen LogP contribution in [0.2, 0.25) is 0 Å². The van der Waals surface area contributed by atoms with Crippen molar-refractivity contribution in [2.75, 3.05) is 0 Å². The Kier molecular flexibility index (Phi) is 6.79. The van der Waals surface area contributed by atoms with Gasteiger partial charge in [-0.25, -0.2) is 23.6 Å². The van der Waals surface area contributed by atoms with Gasteiger partial charge in [-0.2, -0.15) is 18.3 Å². The minimum atomic E-state index is -4.66. The lowest BCUT2D eigenvalue weighted by atomic mass is 9.98. The lowest BCUT2D eigenvalue weighted by molar-refractivity contribution is -0.138. The molecule has 0 saturated heterocycles. The summed E-state index contributed by atoms with van der Waals surface area (Å²) in [6.07, 6.45) is -3.10. The number of carbonyl (C=O) groups excluding carboxylic acids is 1. The van der Waals surface area contributed by atoms with Gasteiger partial charge in [0.05, 0.1) is 41.0 Å². The number of rotatable bonds is 3. The van der Waals surface area contributed by atoms with Crippen LogP contribution >= 0.6 is 15.9 Å². The number of benzene rings is 2. The van der Waals surface area contributed by atoms with Gasteiger partial charge in [0.2, 0.25) is 5.95 Å². The lowest BCUT2D eigenvalue weighted by Gasteiger charge is -2.34. The molecule has 0 radical (unpaired) electrons. The molecule has 0 fully saturated rings. The summed E-state index contributed by atoms with van der Waals surface area (Å²) in [5, 5.41) is 4.50. The van der Waals surface area contributed by atoms with E-state index in [1.165, 1.54) is 38.7 Å². The molecule has 1 aliphatic rings. The van der Waals surface area contributed by atoms with Gasteiger partial charge < -0.3 is 9.47 Å². The Morgan fingerprint density at radius 2 is 1.86 bits per heavy atom. The van der Waals surface area contributed by atoms with Crippen LogP contribution in [0.15, 0.2) is 52.0 Å². The topological polar surface area (TPSA) is 90.8 Å². The highest BCUT2D eigenvalue weighted by Crippen LogP contribution is 2.36. The number of imidazole rings is 1. The number of hydrogen-bond donors (Lipinski definition) is 0. The fourth-order valence-corrected chi connectivity index (χ4v) is 5.94. The zero-order chi connectivity index (χ0) is 31.0. The summed E-state index contributed by atoms with van der Waals surface area (Å²) >= 11 is 2.91. The minimum Gasteiger partial charge on any atom is -0.334 e. The molecule has 0 bridgehead atoms. The van der Waals surface area contributed by atoms with E-state index in [9.17, 15) is 22.8 Å². The first-order valence-electron chi connectivity index (χ1n) is 13.2. The highest BCUT2D eigenvalue weighted by atomic mass is 79.9. The van der Waals surface area contributed by atoms with Crippen LogP contribution in [-0.4, -0.2) is 45.7 Å². The van der Waals surface area contributed by atoms with Gasteiger partial charge in [0, 0.05) is 40.4 Å². The van der Waals surface area contributed by atoms with Crippen LogP contribution in [0, 0.1) is 19.7 Å². The maximum Gasteiger partial charge on any atom is 0.417 e. The Labute approximate surface area is 250 Å². The molecule has 0 spiro atoms. The van der Waals surface area contributed by atoms with Gasteiger partial charge >= 0.3 is 6.18 Å². The van der Waals surface area contributed by atoms with Crippen molar-refractivity contribution < 1.29 is 22.4 Å². The number of alkyl halides is 3. The van der Waals surface area contributed by atoms with Crippen LogP contribution in [0.25, 0.3) is 22.7 Å². The van der Waals surface area contributed by atoms with Crippen molar-refractivity contribution >= 4 is 32.9 Å². The first-order chi connectivity index (χ1) is 20.2. The number of hydrogen-bond acceptors (Lipinski definition) is 5. The first kappa shape index (κ1) is 28.8. The predicted molar refractivity (Wildman–Crippen MR) is 153 cm³/mol. The van der Waals surface area contributed by atoms with E-state index >= 15 is 4.39 Å². The fourth-order valence-electron chi connectivity index (χ4n) is 5.47. The van der Waals surface area contributed by atoms with E-state index in [-0.39, 0.29) is 45.8 Å². The summed E-state index contributed by atoms with van der Waals surface area (Å²) in [5.41, 5.74) is 1.19. The van der Waals surface area contributed by atoms with Crippen molar-refractivity contribution in [1.29, 1.82) is 0 Å². The van der Waals surface area contributed by atoms with E-state index in [2.05, 4.69) is 26.0 Å². The summed E-state index contributed by atoms with van der Waals surface area (Å²) in [6.45, 7) is 5.15. The molecular formula is C29H24BrF4N7O2. The second-order valence-corrected chi connectivity index (χ2v) is 11.5. The van der Waals surface area contributed by atoms with Gasteiger partial charge in [-0.05, 0) is 57.5 Å². The van der Waals surface area contributed by atoms with Gasteiger partial charge in [0.25, 0.3) is 11.5 Å². The second kappa shape index (κ2) is 10.1. The largest absolute Gasteiger partial charge is 0.417 e. The average Bonchev–Trinajstić information content (AvgIpc) is 3.48. The monoisotopic (exact) mass is 657 g/mol. The Morgan fingerprint density at radius 1 is 1.12 bits per heavy atom. The molecule has 9 nitrogen and oxygen atoms in total. The van der Waals surface area contributed by atoms with Gasteiger partial charge in [0.15, 0.2) is 5.82 Å². The Hall–Kier alpha value is -4.33. The summed E-state index contributed by atoms with van der Waals surface area (Å²) < 4.78 is 60.0. The van der Waals surface area contributed by atoms with Crippen LogP contribution in [0.4, 0.5) is 17.6 Å². The highest BCUT2D eigenvalue weighted by molar-refractivity contribution is 9.10. The molecule has 1 amide bonds. The number of carbonyl (C=O) groups is 1. The zero-order valence-corrected chi connectivity index (χ0v) is 25.0. The van der Waals surface area contributed by atoms with Crippen LogP contribution in [0.1, 0.15) is 45.5 Å². The molecule has 4 heterocycles. The van der Waals surface area contributed by atoms with Crippen LogP contribution < -0.4 is 5.56 Å². The molecular weight excluding hydrogens is 634 g/mol. The van der Waals surface area contributed by atoms with E-state index in [1.807, 2.05) is 0 Å². The van der Waals surface area contributed by atoms with Crippen LogP contribution in [0.3, 0.4) is 0 Å². The van der Waals surface area contributed by atoms with Crippen molar-refractivity contribution in [1.82, 2.24) is 33.8 Å². The third-order valence-corrected chi connectivity index (χ3v) is 8.29. The molecule has 2 aromatic carbocycles. The molecule has 6 rings (SSSR count). The molecule has 14 heteroatoms. The van der Waals surface area contributed by atoms with Gasteiger partial charge in [-0.15, -0.1) is 0 Å².